The van der Waals surface area contributed by atoms with E-state index in [4.69, 9.17) is 4.74 Å². The van der Waals surface area contributed by atoms with Gasteiger partial charge >= 0.3 is 5.97 Å². The summed E-state index contributed by atoms with van der Waals surface area (Å²) >= 11 is 0. The number of hydrogen-bond acceptors (Lipinski definition) is 4. The van der Waals surface area contributed by atoms with Crippen LogP contribution >= 0.6 is 0 Å². The lowest BCUT2D eigenvalue weighted by atomic mass is 10.0. The van der Waals surface area contributed by atoms with Crippen molar-refractivity contribution in [2.24, 2.45) is 5.92 Å². The van der Waals surface area contributed by atoms with Gasteiger partial charge in [-0.2, -0.15) is 0 Å². The number of aliphatic carboxylic acids is 1. The minimum Gasteiger partial charge on any atom is -0.480 e. The second kappa shape index (κ2) is 7.43. The minimum atomic E-state index is -0.817. The van der Waals surface area contributed by atoms with Crippen molar-refractivity contribution in [2.75, 3.05) is 31.6 Å². The zero-order chi connectivity index (χ0) is 15.2. The fourth-order valence-corrected chi connectivity index (χ4v) is 2.42. The van der Waals surface area contributed by atoms with E-state index in [1.54, 1.807) is 0 Å². The predicted molar refractivity (Wildman–Crippen MR) is 82.4 cm³/mol. The molecule has 1 saturated heterocycles. The summed E-state index contributed by atoms with van der Waals surface area (Å²) in [6.07, 6.45) is 0. The van der Waals surface area contributed by atoms with Crippen molar-refractivity contribution < 1.29 is 14.6 Å². The topological polar surface area (TPSA) is 61.8 Å². The van der Waals surface area contributed by atoms with Crippen molar-refractivity contribution >= 4 is 11.7 Å². The summed E-state index contributed by atoms with van der Waals surface area (Å²) in [6, 6.07) is 7.45. The summed E-state index contributed by atoms with van der Waals surface area (Å²) in [4.78, 5) is 13.6. The van der Waals surface area contributed by atoms with Crippen molar-refractivity contribution in [2.45, 2.75) is 26.4 Å². The molecule has 0 aliphatic carbocycles. The predicted octanol–water partition coefficient (Wildman–Crippen LogP) is 2.04. The van der Waals surface area contributed by atoms with Gasteiger partial charge in [-0.25, -0.2) is 4.79 Å². The van der Waals surface area contributed by atoms with Gasteiger partial charge in [0.25, 0.3) is 0 Å². The monoisotopic (exact) mass is 292 g/mol. The van der Waals surface area contributed by atoms with Crippen LogP contribution in [-0.2, 0) is 16.1 Å². The van der Waals surface area contributed by atoms with Crippen LogP contribution in [0.1, 0.15) is 19.4 Å². The highest BCUT2D eigenvalue weighted by Gasteiger charge is 2.20. The lowest BCUT2D eigenvalue weighted by Gasteiger charge is -2.26. The van der Waals surface area contributed by atoms with E-state index < -0.39 is 12.0 Å². The van der Waals surface area contributed by atoms with Gasteiger partial charge in [0.2, 0.25) is 0 Å². The molecule has 1 atom stereocenters. The average Bonchev–Trinajstić information content (AvgIpc) is 2.47. The second-order valence-corrected chi connectivity index (χ2v) is 5.79. The largest absolute Gasteiger partial charge is 0.480 e. The molecule has 0 aromatic heterocycles. The molecule has 2 N–H and O–H groups in total. The molecule has 0 amide bonds. The average molecular weight is 292 g/mol. The van der Waals surface area contributed by atoms with Crippen molar-refractivity contribution in [3.63, 3.8) is 0 Å². The zero-order valence-electron chi connectivity index (χ0n) is 12.7. The van der Waals surface area contributed by atoms with Gasteiger partial charge in [-0.1, -0.05) is 26.0 Å². The summed E-state index contributed by atoms with van der Waals surface area (Å²) in [7, 11) is 0. The van der Waals surface area contributed by atoms with E-state index in [1.165, 1.54) is 5.56 Å². The third-order valence-corrected chi connectivity index (χ3v) is 3.72. The van der Waals surface area contributed by atoms with E-state index in [0.717, 1.165) is 38.5 Å². The molecule has 1 aliphatic heterocycles. The van der Waals surface area contributed by atoms with Crippen LogP contribution in [0.2, 0.25) is 0 Å². The Labute approximate surface area is 125 Å². The van der Waals surface area contributed by atoms with Gasteiger partial charge in [0.15, 0.2) is 0 Å². The number of carboxylic acids is 1. The molecular formula is C16H24N2O3. The minimum absolute atomic E-state index is 0.0375. The molecule has 1 heterocycles. The normalized spacial score (nSPS) is 17.7. The van der Waals surface area contributed by atoms with Crippen molar-refractivity contribution in [3.05, 3.63) is 29.8 Å². The highest BCUT2D eigenvalue weighted by Crippen LogP contribution is 2.16. The molecule has 1 aromatic carbocycles. The molecule has 1 unspecified atom stereocenters. The number of nitrogens with zero attached hydrogens (tertiary/aromatic N) is 1. The van der Waals surface area contributed by atoms with Gasteiger partial charge in [0.05, 0.1) is 13.2 Å². The number of nitrogens with one attached hydrogen (secondary N) is 1. The first-order chi connectivity index (χ1) is 10.1. The van der Waals surface area contributed by atoms with Crippen molar-refractivity contribution in [1.82, 2.24) is 4.90 Å². The van der Waals surface area contributed by atoms with E-state index in [2.05, 4.69) is 22.3 Å². The Hall–Kier alpha value is -1.59. The molecule has 21 heavy (non-hydrogen) atoms. The first-order valence-corrected chi connectivity index (χ1v) is 7.44. The maximum absolute atomic E-state index is 11.2. The van der Waals surface area contributed by atoms with Crippen LogP contribution in [0.15, 0.2) is 24.3 Å². The zero-order valence-corrected chi connectivity index (χ0v) is 12.7. The molecule has 1 fully saturated rings. The molecular weight excluding hydrogens is 268 g/mol. The molecule has 5 nitrogen and oxygen atoms in total. The van der Waals surface area contributed by atoms with Crippen LogP contribution in [0.5, 0.6) is 0 Å². The number of hydrogen-bond donors (Lipinski definition) is 2. The van der Waals surface area contributed by atoms with Gasteiger partial charge < -0.3 is 15.2 Å². The van der Waals surface area contributed by atoms with Crippen molar-refractivity contribution in [1.29, 1.82) is 0 Å². The number of carbonyl (C=O) groups is 1. The standard InChI is InChI=1S/C16H24N2O3/c1-12(2)15(16(19)20)17-14-5-3-13(4-6-14)11-18-7-9-21-10-8-18/h3-6,12,15,17H,7-11H2,1-2H3,(H,19,20). The number of carboxylic acid groups (broad SMARTS) is 1. The summed E-state index contributed by atoms with van der Waals surface area (Å²) in [6.45, 7) is 8.25. The highest BCUT2D eigenvalue weighted by atomic mass is 16.5. The van der Waals surface area contributed by atoms with Crippen LogP contribution in [0.3, 0.4) is 0 Å². The molecule has 2 rings (SSSR count). The number of benzene rings is 1. The first-order valence-electron chi connectivity index (χ1n) is 7.44. The van der Waals surface area contributed by atoms with E-state index in [9.17, 15) is 9.90 Å². The van der Waals surface area contributed by atoms with Gasteiger partial charge in [0, 0.05) is 25.3 Å². The van der Waals surface area contributed by atoms with Crippen LogP contribution < -0.4 is 5.32 Å². The van der Waals surface area contributed by atoms with Crippen LogP contribution in [-0.4, -0.2) is 48.3 Å². The van der Waals surface area contributed by atoms with E-state index in [0.29, 0.717) is 0 Å². The van der Waals surface area contributed by atoms with Gasteiger partial charge in [-0.3, -0.25) is 4.90 Å². The summed E-state index contributed by atoms with van der Waals surface area (Å²) in [5, 5.41) is 12.3. The fraction of sp³-hybridized carbons (Fsp3) is 0.562. The quantitative estimate of drug-likeness (QED) is 0.840. The van der Waals surface area contributed by atoms with Crippen molar-refractivity contribution in [3.8, 4) is 0 Å². The number of ether oxygens (including phenoxy) is 1. The summed E-state index contributed by atoms with van der Waals surface area (Å²) in [5.74, 6) is -0.780. The Balaban J connectivity index is 1.93. The molecule has 1 aliphatic rings. The highest BCUT2D eigenvalue weighted by molar-refractivity contribution is 5.77. The third kappa shape index (κ3) is 4.72. The molecule has 0 saturated carbocycles. The molecule has 116 valence electrons. The first kappa shape index (κ1) is 15.8. The van der Waals surface area contributed by atoms with Gasteiger partial charge in [0.1, 0.15) is 6.04 Å². The molecule has 0 bridgehead atoms. The number of rotatable bonds is 6. The van der Waals surface area contributed by atoms with Crippen LogP contribution in [0.25, 0.3) is 0 Å². The SMILES string of the molecule is CC(C)C(Nc1ccc(CN2CCOCC2)cc1)C(=O)O. The van der Waals surface area contributed by atoms with Crippen LogP contribution in [0, 0.1) is 5.92 Å². The number of anilines is 1. The van der Waals surface area contributed by atoms with E-state index >= 15 is 0 Å². The Bertz CT molecular complexity index is 453. The Morgan fingerprint density at radius 1 is 1.29 bits per heavy atom. The summed E-state index contributed by atoms with van der Waals surface area (Å²) < 4.78 is 5.34. The van der Waals surface area contributed by atoms with Gasteiger partial charge in [-0.05, 0) is 23.6 Å². The molecule has 0 spiro atoms. The lowest BCUT2D eigenvalue weighted by Crippen LogP contribution is -2.35. The fourth-order valence-electron chi connectivity index (χ4n) is 2.42. The summed E-state index contributed by atoms with van der Waals surface area (Å²) in [5.41, 5.74) is 2.08. The van der Waals surface area contributed by atoms with Gasteiger partial charge in [-0.15, -0.1) is 0 Å². The number of morpholine rings is 1. The van der Waals surface area contributed by atoms with Crippen LogP contribution in [0.4, 0.5) is 5.69 Å². The maximum Gasteiger partial charge on any atom is 0.326 e. The third-order valence-electron chi connectivity index (χ3n) is 3.72. The Morgan fingerprint density at radius 2 is 1.90 bits per heavy atom. The smallest absolute Gasteiger partial charge is 0.326 e. The molecule has 0 radical (unpaired) electrons. The maximum atomic E-state index is 11.2. The molecule has 5 heteroatoms. The molecule has 1 aromatic rings. The second-order valence-electron chi connectivity index (χ2n) is 5.79. The Kier molecular flexibility index (Phi) is 5.59. The van der Waals surface area contributed by atoms with E-state index in [-0.39, 0.29) is 5.92 Å². The Morgan fingerprint density at radius 3 is 2.43 bits per heavy atom. The lowest BCUT2D eigenvalue weighted by molar-refractivity contribution is -0.138. The van der Waals surface area contributed by atoms with E-state index in [1.807, 2.05) is 26.0 Å².